The second kappa shape index (κ2) is 15.1. The molecule has 0 N–H and O–H groups in total. The molecule has 1 aliphatic carbocycles. The number of benzene rings is 11. The van der Waals surface area contributed by atoms with Crippen molar-refractivity contribution >= 4 is 71.7 Å². The van der Waals surface area contributed by atoms with Crippen LogP contribution in [0, 0.1) is 0 Å². The Kier molecular flexibility index (Phi) is 8.50. The molecule has 0 aliphatic heterocycles. The largest absolute Gasteiger partial charge is 0.456 e. The molecule has 3 nitrogen and oxygen atoms in total. The number of nitrogens with zero attached hydrogens (tertiary/aromatic N) is 1. The van der Waals surface area contributed by atoms with Gasteiger partial charge in [0.25, 0.3) is 0 Å². The molecule has 0 radical (unpaired) electrons. The zero-order valence-electron chi connectivity index (χ0n) is 36.9. The van der Waals surface area contributed by atoms with Gasteiger partial charge in [0.1, 0.15) is 22.3 Å². The summed E-state index contributed by atoms with van der Waals surface area (Å²) in [7, 11) is 0. The highest BCUT2D eigenvalue weighted by Gasteiger charge is 2.47. The number of para-hydroxylation sites is 2. The zero-order valence-corrected chi connectivity index (χ0v) is 36.9. The van der Waals surface area contributed by atoms with Crippen molar-refractivity contribution in [2.45, 2.75) is 5.41 Å². The van der Waals surface area contributed by atoms with Gasteiger partial charge >= 0.3 is 0 Å². The first-order valence-corrected chi connectivity index (χ1v) is 23.3. The summed E-state index contributed by atoms with van der Waals surface area (Å²) in [5.74, 6) is 0. The van der Waals surface area contributed by atoms with E-state index < -0.39 is 5.41 Å². The molecule has 0 amide bonds. The molecule has 318 valence electrons. The Morgan fingerprint density at radius 2 is 0.941 bits per heavy atom. The quantitative estimate of drug-likeness (QED) is 0.160. The number of hydrogen-bond donors (Lipinski definition) is 0. The Morgan fingerprint density at radius 3 is 1.76 bits per heavy atom. The highest BCUT2D eigenvalue weighted by molar-refractivity contribution is 6.16. The van der Waals surface area contributed by atoms with Gasteiger partial charge in [-0.2, -0.15) is 0 Å². The summed E-state index contributed by atoms with van der Waals surface area (Å²) in [6, 6.07) is 90.2. The second-order valence-electron chi connectivity index (χ2n) is 17.9. The van der Waals surface area contributed by atoms with Gasteiger partial charge in [-0.3, -0.25) is 0 Å². The fraction of sp³-hybridized carbons (Fsp3) is 0.0154. The highest BCUT2D eigenvalue weighted by Crippen LogP contribution is 2.60. The minimum atomic E-state index is -0.552. The van der Waals surface area contributed by atoms with Crippen LogP contribution in [0.5, 0.6) is 0 Å². The first kappa shape index (κ1) is 38.4. The summed E-state index contributed by atoms with van der Waals surface area (Å²) in [5, 5.41) is 6.74. The van der Waals surface area contributed by atoms with E-state index in [4.69, 9.17) is 8.83 Å². The maximum absolute atomic E-state index is 6.63. The van der Waals surface area contributed by atoms with Crippen LogP contribution in [0.25, 0.3) is 88.0 Å². The number of hydrogen-bond acceptors (Lipinski definition) is 3. The van der Waals surface area contributed by atoms with Crippen molar-refractivity contribution in [1.29, 1.82) is 0 Å². The molecule has 1 aliphatic rings. The molecule has 11 aromatic carbocycles. The van der Waals surface area contributed by atoms with Crippen LogP contribution in [0.3, 0.4) is 0 Å². The standard InChI is InChI=1S/C65H41NO2/c1-3-18-45(19-4-1)65(46-20-5-2-6-21-46)55-27-12-9-24-52(55)63-56(65)28-16-30-58(63)66(47-37-33-43(34-38-47)49-26-15-32-61-62(49)53-25-11-14-31-59(53)67-61)57-29-13-10-22-48(57)44-36-40-60-54(41-44)51-39-35-42-17-7-8-23-50(42)64(51)68-60/h1-41H. The Labute approximate surface area is 393 Å². The zero-order chi connectivity index (χ0) is 44.8. The Hall–Kier alpha value is -8.92. The summed E-state index contributed by atoms with van der Waals surface area (Å²) in [6.07, 6.45) is 0. The van der Waals surface area contributed by atoms with Crippen LogP contribution in [0.4, 0.5) is 17.1 Å². The highest BCUT2D eigenvalue weighted by atomic mass is 16.3. The molecule has 2 aromatic heterocycles. The van der Waals surface area contributed by atoms with Gasteiger partial charge in [0.05, 0.1) is 16.8 Å². The van der Waals surface area contributed by atoms with Crippen LogP contribution in [-0.4, -0.2) is 0 Å². The first-order valence-electron chi connectivity index (χ1n) is 23.3. The van der Waals surface area contributed by atoms with E-state index in [2.05, 4.69) is 241 Å². The monoisotopic (exact) mass is 867 g/mol. The van der Waals surface area contributed by atoms with Gasteiger partial charge in [0, 0.05) is 43.7 Å². The third-order valence-electron chi connectivity index (χ3n) is 14.4. The van der Waals surface area contributed by atoms with E-state index in [1.54, 1.807) is 0 Å². The Balaban J connectivity index is 1.02. The number of fused-ring (bicyclic) bond motifs is 11. The van der Waals surface area contributed by atoms with Gasteiger partial charge in [-0.1, -0.05) is 194 Å². The molecule has 0 atom stereocenters. The predicted molar refractivity (Wildman–Crippen MR) is 281 cm³/mol. The van der Waals surface area contributed by atoms with Gasteiger partial charge in [0.2, 0.25) is 0 Å². The predicted octanol–water partition coefficient (Wildman–Crippen LogP) is 17.8. The van der Waals surface area contributed by atoms with Crippen molar-refractivity contribution in [3.05, 3.63) is 271 Å². The molecule has 68 heavy (non-hydrogen) atoms. The van der Waals surface area contributed by atoms with Crippen molar-refractivity contribution in [3.8, 4) is 33.4 Å². The second-order valence-corrected chi connectivity index (χ2v) is 17.9. The maximum Gasteiger partial charge on any atom is 0.143 e. The average molecular weight is 868 g/mol. The van der Waals surface area contributed by atoms with E-state index >= 15 is 0 Å². The lowest BCUT2D eigenvalue weighted by Gasteiger charge is -2.34. The molecule has 3 heteroatoms. The van der Waals surface area contributed by atoms with Crippen molar-refractivity contribution in [2.24, 2.45) is 0 Å². The molecule has 0 bridgehead atoms. The minimum Gasteiger partial charge on any atom is -0.456 e. The molecule has 0 fully saturated rings. The smallest absolute Gasteiger partial charge is 0.143 e. The lowest BCUT2D eigenvalue weighted by molar-refractivity contribution is 0.669. The van der Waals surface area contributed by atoms with Crippen molar-refractivity contribution in [1.82, 2.24) is 0 Å². The third kappa shape index (κ3) is 5.60. The number of rotatable bonds is 7. The summed E-state index contributed by atoms with van der Waals surface area (Å²) in [5.41, 5.74) is 18.2. The average Bonchev–Trinajstić information content (AvgIpc) is 4.08. The SMILES string of the molecule is c1ccc(C2(c3ccccc3)c3ccccc3-c3c(N(c4ccc(-c5cccc6oc7ccccc7c56)cc4)c4ccccc4-c4ccc5oc6c7ccccc7ccc6c5c4)cccc32)cc1. The van der Waals surface area contributed by atoms with E-state index in [-0.39, 0.29) is 0 Å². The summed E-state index contributed by atoms with van der Waals surface area (Å²) < 4.78 is 13.0. The minimum absolute atomic E-state index is 0.552. The molecule has 14 rings (SSSR count). The van der Waals surface area contributed by atoms with Crippen molar-refractivity contribution in [2.75, 3.05) is 4.90 Å². The van der Waals surface area contributed by atoms with Gasteiger partial charge in [-0.15, -0.1) is 0 Å². The lowest BCUT2D eigenvalue weighted by Crippen LogP contribution is -2.28. The van der Waals surface area contributed by atoms with E-state index in [0.717, 1.165) is 88.6 Å². The summed E-state index contributed by atoms with van der Waals surface area (Å²) in [4.78, 5) is 2.49. The van der Waals surface area contributed by atoms with Crippen LogP contribution in [0.2, 0.25) is 0 Å². The maximum atomic E-state index is 6.63. The molecule has 2 heterocycles. The molecule has 13 aromatic rings. The summed E-state index contributed by atoms with van der Waals surface area (Å²) in [6.45, 7) is 0. The molecule has 0 saturated carbocycles. The fourth-order valence-corrected chi connectivity index (χ4v) is 11.5. The van der Waals surface area contributed by atoms with Crippen LogP contribution < -0.4 is 4.90 Å². The fourth-order valence-electron chi connectivity index (χ4n) is 11.5. The van der Waals surface area contributed by atoms with Crippen molar-refractivity contribution < 1.29 is 8.83 Å². The van der Waals surface area contributed by atoms with Crippen molar-refractivity contribution in [3.63, 3.8) is 0 Å². The number of furan rings is 2. The van der Waals surface area contributed by atoms with Gasteiger partial charge in [-0.05, 0) is 104 Å². The molecule has 0 spiro atoms. The topological polar surface area (TPSA) is 29.5 Å². The van der Waals surface area contributed by atoms with E-state index in [1.165, 1.54) is 38.8 Å². The van der Waals surface area contributed by atoms with Crippen LogP contribution in [0.1, 0.15) is 22.3 Å². The third-order valence-corrected chi connectivity index (χ3v) is 14.4. The van der Waals surface area contributed by atoms with Gasteiger partial charge in [-0.25, -0.2) is 0 Å². The van der Waals surface area contributed by atoms with Gasteiger partial charge in [0.15, 0.2) is 0 Å². The van der Waals surface area contributed by atoms with E-state index in [9.17, 15) is 0 Å². The normalized spacial score (nSPS) is 12.8. The Morgan fingerprint density at radius 1 is 0.338 bits per heavy atom. The van der Waals surface area contributed by atoms with Gasteiger partial charge < -0.3 is 13.7 Å². The molecule has 0 saturated heterocycles. The van der Waals surface area contributed by atoms with E-state index in [1.807, 2.05) is 12.1 Å². The number of anilines is 3. The Bertz CT molecular complexity index is 4050. The van der Waals surface area contributed by atoms with Crippen LogP contribution in [0.15, 0.2) is 258 Å². The summed E-state index contributed by atoms with van der Waals surface area (Å²) >= 11 is 0. The van der Waals surface area contributed by atoms with Crippen LogP contribution in [-0.2, 0) is 5.41 Å². The van der Waals surface area contributed by atoms with E-state index in [0.29, 0.717) is 0 Å². The molecular weight excluding hydrogens is 827 g/mol. The first-order chi connectivity index (χ1) is 33.7. The molecular formula is C65H41NO2. The van der Waals surface area contributed by atoms with Crippen LogP contribution >= 0.6 is 0 Å². The lowest BCUT2D eigenvalue weighted by atomic mass is 9.68. The molecule has 0 unspecified atom stereocenters.